The molecule has 4 heteroatoms. The van der Waals surface area contributed by atoms with Crippen LogP contribution < -0.4 is 4.90 Å². The Balaban J connectivity index is 0.00000304. The number of benzene rings is 4. The van der Waals surface area contributed by atoms with Gasteiger partial charge in [0.2, 0.25) is 0 Å². The van der Waals surface area contributed by atoms with E-state index in [0.29, 0.717) is 17.4 Å². The predicted molar refractivity (Wildman–Crippen MR) is 152 cm³/mol. The number of rotatable bonds is 7. The summed E-state index contributed by atoms with van der Waals surface area (Å²) in [5.74, 6) is 0.191. The molecule has 5 rings (SSSR count). The Bertz CT molecular complexity index is 1360. The van der Waals surface area contributed by atoms with Gasteiger partial charge in [0.05, 0.1) is 5.56 Å². The van der Waals surface area contributed by atoms with Crippen LogP contribution in [-0.4, -0.2) is 17.6 Å². The zero-order valence-corrected chi connectivity index (χ0v) is 21.8. The zero-order chi connectivity index (χ0) is 24.4. The highest BCUT2D eigenvalue weighted by atomic mass is 35.5. The molecule has 0 saturated carbocycles. The molecular weight excluding hydrogens is 466 g/mol. The van der Waals surface area contributed by atoms with E-state index in [0.717, 1.165) is 30.6 Å². The molecule has 3 nitrogen and oxygen atoms in total. The summed E-state index contributed by atoms with van der Waals surface area (Å²) in [5.41, 5.74) is 6.14. The Morgan fingerprint density at radius 3 is 2.58 bits per heavy atom. The molecule has 0 spiro atoms. The Morgan fingerprint density at radius 2 is 1.75 bits per heavy atom. The fourth-order valence-electron chi connectivity index (χ4n) is 5.67. The SMILES string of the molecule is Cc1ccc(N2CC(CCC[C@H](C)c3cccc4ccccc34)Cc3ccccc32)cc1C(=O)O.Cl. The van der Waals surface area contributed by atoms with E-state index in [2.05, 4.69) is 84.6 Å². The first-order valence-corrected chi connectivity index (χ1v) is 12.7. The normalized spacial score (nSPS) is 15.7. The van der Waals surface area contributed by atoms with Crippen molar-refractivity contribution in [1.29, 1.82) is 0 Å². The number of hydrogen-bond donors (Lipinski definition) is 1. The number of aryl methyl sites for hydroxylation is 1. The second-order valence-corrected chi connectivity index (χ2v) is 10.0. The summed E-state index contributed by atoms with van der Waals surface area (Å²) in [6, 6.07) is 29.7. The molecule has 0 aliphatic carbocycles. The third-order valence-corrected chi connectivity index (χ3v) is 7.60. The molecule has 0 fully saturated rings. The lowest BCUT2D eigenvalue weighted by Crippen LogP contribution is -2.32. The molecule has 4 aromatic rings. The molecule has 4 aromatic carbocycles. The van der Waals surface area contributed by atoms with Crippen molar-refractivity contribution in [3.8, 4) is 0 Å². The fourth-order valence-corrected chi connectivity index (χ4v) is 5.67. The minimum atomic E-state index is -0.867. The van der Waals surface area contributed by atoms with Crippen LogP contribution in [0.15, 0.2) is 84.9 Å². The molecule has 1 unspecified atom stereocenters. The topological polar surface area (TPSA) is 40.5 Å². The van der Waals surface area contributed by atoms with Crippen molar-refractivity contribution in [1.82, 2.24) is 0 Å². The van der Waals surface area contributed by atoms with Crippen LogP contribution in [0.5, 0.6) is 0 Å². The minimum Gasteiger partial charge on any atom is -0.478 e. The average molecular weight is 500 g/mol. The Morgan fingerprint density at radius 1 is 1.00 bits per heavy atom. The highest BCUT2D eigenvalue weighted by Gasteiger charge is 2.26. The van der Waals surface area contributed by atoms with E-state index >= 15 is 0 Å². The van der Waals surface area contributed by atoms with Crippen LogP contribution in [0.2, 0.25) is 0 Å². The summed E-state index contributed by atoms with van der Waals surface area (Å²) in [4.78, 5) is 14.1. The van der Waals surface area contributed by atoms with Gasteiger partial charge in [0.25, 0.3) is 0 Å². The summed E-state index contributed by atoms with van der Waals surface area (Å²) >= 11 is 0. The molecule has 0 radical (unpaired) electrons. The maximum Gasteiger partial charge on any atom is 0.336 e. The number of aromatic carboxylic acids is 1. The van der Waals surface area contributed by atoms with Gasteiger partial charge in [-0.25, -0.2) is 4.79 Å². The molecule has 1 heterocycles. The maximum atomic E-state index is 11.8. The molecule has 1 aliphatic heterocycles. The smallest absolute Gasteiger partial charge is 0.336 e. The summed E-state index contributed by atoms with van der Waals surface area (Å²) in [6.45, 7) is 5.13. The van der Waals surface area contributed by atoms with Crippen LogP contribution in [0, 0.1) is 12.8 Å². The quantitative estimate of drug-likeness (QED) is 0.277. The summed E-state index contributed by atoms with van der Waals surface area (Å²) < 4.78 is 0. The molecule has 36 heavy (non-hydrogen) atoms. The number of carboxylic acids is 1. The Hall–Kier alpha value is -3.30. The first kappa shape index (κ1) is 25.8. The molecule has 0 amide bonds. The summed E-state index contributed by atoms with van der Waals surface area (Å²) in [7, 11) is 0. The number of halogens is 1. The van der Waals surface area contributed by atoms with Crippen molar-refractivity contribution in [2.45, 2.75) is 45.4 Å². The predicted octanol–water partition coefficient (Wildman–Crippen LogP) is 8.55. The minimum absolute atomic E-state index is 0. The van der Waals surface area contributed by atoms with Crippen LogP contribution in [0.4, 0.5) is 11.4 Å². The highest BCUT2D eigenvalue weighted by Crippen LogP contribution is 2.38. The van der Waals surface area contributed by atoms with Crippen LogP contribution in [0.3, 0.4) is 0 Å². The number of anilines is 2. The van der Waals surface area contributed by atoms with Crippen LogP contribution in [0.25, 0.3) is 10.8 Å². The molecule has 2 atom stereocenters. The van der Waals surface area contributed by atoms with Gasteiger partial charge in [-0.2, -0.15) is 0 Å². The Kier molecular flexibility index (Phi) is 8.01. The van der Waals surface area contributed by atoms with Gasteiger partial charge in [0, 0.05) is 17.9 Å². The third-order valence-electron chi connectivity index (χ3n) is 7.60. The number of hydrogen-bond acceptors (Lipinski definition) is 2. The van der Waals surface area contributed by atoms with E-state index in [9.17, 15) is 9.90 Å². The van der Waals surface area contributed by atoms with Gasteiger partial charge < -0.3 is 10.0 Å². The molecule has 0 bridgehead atoms. The largest absolute Gasteiger partial charge is 0.478 e. The van der Waals surface area contributed by atoms with Gasteiger partial charge in [-0.15, -0.1) is 12.4 Å². The second-order valence-electron chi connectivity index (χ2n) is 10.0. The number of para-hydroxylation sites is 1. The number of carbonyl (C=O) groups is 1. The summed E-state index contributed by atoms with van der Waals surface area (Å²) in [6.07, 6.45) is 4.59. The molecule has 1 aliphatic rings. The van der Waals surface area contributed by atoms with E-state index in [1.807, 2.05) is 19.1 Å². The van der Waals surface area contributed by atoms with Crippen molar-refractivity contribution in [2.24, 2.45) is 5.92 Å². The van der Waals surface area contributed by atoms with E-state index in [1.165, 1.54) is 40.4 Å². The van der Waals surface area contributed by atoms with Crippen molar-refractivity contribution < 1.29 is 9.90 Å². The second kappa shape index (κ2) is 11.2. The molecule has 1 N–H and O–H groups in total. The van der Waals surface area contributed by atoms with E-state index in [1.54, 1.807) is 0 Å². The van der Waals surface area contributed by atoms with Crippen LogP contribution >= 0.6 is 12.4 Å². The lowest BCUT2D eigenvalue weighted by molar-refractivity contribution is 0.0696. The van der Waals surface area contributed by atoms with E-state index < -0.39 is 5.97 Å². The van der Waals surface area contributed by atoms with Crippen LogP contribution in [0.1, 0.15) is 59.2 Å². The van der Waals surface area contributed by atoms with Crippen LogP contribution in [-0.2, 0) is 6.42 Å². The molecule has 0 aromatic heterocycles. The van der Waals surface area contributed by atoms with E-state index in [4.69, 9.17) is 0 Å². The molecule has 186 valence electrons. The number of carboxylic acid groups (broad SMARTS) is 1. The maximum absolute atomic E-state index is 11.8. The fraction of sp³-hybridized carbons (Fsp3) is 0.281. The van der Waals surface area contributed by atoms with Gasteiger partial charge in [-0.3, -0.25) is 0 Å². The van der Waals surface area contributed by atoms with Crippen molar-refractivity contribution in [2.75, 3.05) is 11.4 Å². The monoisotopic (exact) mass is 499 g/mol. The number of fused-ring (bicyclic) bond motifs is 2. The van der Waals surface area contributed by atoms with Gasteiger partial charge in [0.15, 0.2) is 0 Å². The highest BCUT2D eigenvalue weighted by molar-refractivity contribution is 5.91. The first-order chi connectivity index (χ1) is 17.0. The van der Waals surface area contributed by atoms with Crippen molar-refractivity contribution >= 4 is 40.5 Å². The lowest BCUT2D eigenvalue weighted by Gasteiger charge is -2.36. The van der Waals surface area contributed by atoms with E-state index in [-0.39, 0.29) is 12.4 Å². The number of nitrogens with zero attached hydrogens (tertiary/aromatic N) is 1. The van der Waals surface area contributed by atoms with Gasteiger partial charge >= 0.3 is 5.97 Å². The Labute approximate surface area is 220 Å². The summed E-state index contributed by atoms with van der Waals surface area (Å²) in [5, 5.41) is 12.3. The van der Waals surface area contributed by atoms with Gasteiger partial charge in [-0.05, 0) is 83.7 Å². The van der Waals surface area contributed by atoms with Crippen molar-refractivity contribution in [3.63, 3.8) is 0 Å². The standard InChI is InChI=1S/C32H33NO2.ClH/c1-22(28-15-8-13-25-11-3-5-14-29(25)28)9-7-10-24-19-26-12-4-6-16-31(26)33(21-24)27-18-17-23(2)30(20-27)32(34)35;/h3-6,8,11-18,20,22,24H,7,9-10,19,21H2,1-2H3,(H,34,35);1H/t22-,24?;/m0./s1. The third kappa shape index (κ3) is 5.27. The molecule has 0 saturated heterocycles. The zero-order valence-electron chi connectivity index (χ0n) is 21.0. The first-order valence-electron chi connectivity index (χ1n) is 12.7. The average Bonchev–Trinajstić information content (AvgIpc) is 2.88. The van der Waals surface area contributed by atoms with Gasteiger partial charge in [-0.1, -0.05) is 80.1 Å². The lowest BCUT2D eigenvalue weighted by atomic mass is 9.85. The van der Waals surface area contributed by atoms with Gasteiger partial charge in [0.1, 0.15) is 0 Å². The molecular formula is C32H34ClNO2. The van der Waals surface area contributed by atoms with Crippen molar-refractivity contribution in [3.05, 3.63) is 107 Å².